The van der Waals surface area contributed by atoms with E-state index in [2.05, 4.69) is 36.1 Å². The van der Waals surface area contributed by atoms with Crippen molar-refractivity contribution < 1.29 is 19.1 Å². The Balaban J connectivity index is 0.000000817. The Morgan fingerprint density at radius 3 is 2.52 bits per heavy atom. The maximum absolute atomic E-state index is 12.5. The number of furan rings is 1. The van der Waals surface area contributed by atoms with Crippen LogP contribution in [-0.2, 0) is 22.6 Å². The van der Waals surface area contributed by atoms with Gasteiger partial charge in [-0.15, -0.1) is 0 Å². The van der Waals surface area contributed by atoms with E-state index in [0.29, 0.717) is 6.42 Å². The summed E-state index contributed by atoms with van der Waals surface area (Å²) < 4.78 is 5.14. The zero-order valence-electron chi connectivity index (χ0n) is 15.8. The van der Waals surface area contributed by atoms with E-state index >= 15 is 0 Å². The van der Waals surface area contributed by atoms with Crippen LogP contribution in [-0.4, -0.2) is 53.5 Å². The van der Waals surface area contributed by atoms with Gasteiger partial charge in [-0.05, 0) is 31.4 Å². The molecule has 0 unspecified atom stereocenters. The summed E-state index contributed by atoms with van der Waals surface area (Å²) in [7, 11) is 0. The number of amides is 1. The summed E-state index contributed by atoms with van der Waals surface area (Å²) in [4.78, 5) is 25.3. The van der Waals surface area contributed by atoms with Crippen molar-refractivity contribution in [3.05, 3.63) is 59.5 Å². The second-order valence-electron chi connectivity index (χ2n) is 6.73. The fraction of sp³-hybridized carbons (Fsp3) is 0.429. The summed E-state index contributed by atoms with van der Waals surface area (Å²) in [6, 6.07) is 10.5. The average molecular weight is 372 g/mol. The number of nitrogens with zero attached hydrogens (tertiary/aromatic N) is 2. The molecule has 1 amide bonds. The van der Waals surface area contributed by atoms with Gasteiger partial charge in [0, 0.05) is 44.7 Å². The Hall–Kier alpha value is -2.60. The smallest absolute Gasteiger partial charge is 0.290 e. The van der Waals surface area contributed by atoms with Crippen molar-refractivity contribution in [1.82, 2.24) is 9.80 Å². The summed E-state index contributed by atoms with van der Waals surface area (Å²) in [5, 5.41) is 6.89. The van der Waals surface area contributed by atoms with Gasteiger partial charge in [-0.3, -0.25) is 14.5 Å². The molecule has 3 rings (SSSR count). The van der Waals surface area contributed by atoms with Crippen LogP contribution in [0.3, 0.4) is 0 Å². The molecule has 27 heavy (non-hydrogen) atoms. The Labute approximate surface area is 160 Å². The molecule has 0 bridgehead atoms. The van der Waals surface area contributed by atoms with Crippen LogP contribution in [0.25, 0.3) is 0 Å². The number of hydrogen-bond acceptors (Lipinski definition) is 4. The Morgan fingerprint density at radius 2 is 1.85 bits per heavy atom. The lowest BCUT2D eigenvalue weighted by Crippen LogP contribution is -2.35. The SMILES string of the molecule is Cc1ccc(CCC(=O)N2CCCN(Cc3ccoc3)CC2)cc1.O=CO. The molecule has 1 aromatic heterocycles. The van der Waals surface area contributed by atoms with Crippen molar-refractivity contribution in [2.75, 3.05) is 26.2 Å². The van der Waals surface area contributed by atoms with E-state index in [4.69, 9.17) is 14.3 Å². The van der Waals surface area contributed by atoms with Crippen LogP contribution in [0.15, 0.2) is 47.3 Å². The number of rotatable bonds is 5. The van der Waals surface area contributed by atoms with Gasteiger partial charge in [0.15, 0.2) is 0 Å². The van der Waals surface area contributed by atoms with E-state index in [0.717, 1.165) is 45.6 Å². The number of carboxylic acid groups (broad SMARTS) is 1. The van der Waals surface area contributed by atoms with Gasteiger partial charge in [0.2, 0.25) is 5.91 Å². The summed E-state index contributed by atoms with van der Waals surface area (Å²) in [5.41, 5.74) is 3.70. The van der Waals surface area contributed by atoms with E-state index < -0.39 is 0 Å². The highest BCUT2D eigenvalue weighted by molar-refractivity contribution is 5.76. The lowest BCUT2D eigenvalue weighted by atomic mass is 10.1. The van der Waals surface area contributed by atoms with E-state index in [1.807, 2.05) is 11.0 Å². The molecule has 1 aliphatic rings. The van der Waals surface area contributed by atoms with Gasteiger partial charge in [0.25, 0.3) is 6.47 Å². The summed E-state index contributed by atoms with van der Waals surface area (Å²) >= 11 is 0. The molecule has 1 aromatic carbocycles. The van der Waals surface area contributed by atoms with Crippen LogP contribution < -0.4 is 0 Å². The van der Waals surface area contributed by atoms with E-state index in [1.54, 1.807) is 12.5 Å². The van der Waals surface area contributed by atoms with Crippen molar-refractivity contribution in [3.63, 3.8) is 0 Å². The Morgan fingerprint density at radius 1 is 1.11 bits per heavy atom. The van der Waals surface area contributed by atoms with Gasteiger partial charge in [-0.1, -0.05) is 29.8 Å². The van der Waals surface area contributed by atoms with Gasteiger partial charge >= 0.3 is 0 Å². The van der Waals surface area contributed by atoms with Crippen molar-refractivity contribution >= 4 is 12.4 Å². The number of benzene rings is 1. The topological polar surface area (TPSA) is 74.0 Å². The molecule has 2 aromatic rings. The third-order valence-corrected chi connectivity index (χ3v) is 4.68. The number of carbonyl (C=O) groups excluding carboxylic acids is 1. The van der Waals surface area contributed by atoms with Gasteiger partial charge in [0.1, 0.15) is 0 Å². The van der Waals surface area contributed by atoms with Crippen LogP contribution in [0.5, 0.6) is 0 Å². The molecule has 2 heterocycles. The van der Waals surface area contributed by atoms with Crippen LogP contribution in [0.2, 0.25) is 0 Å². The standard InChI is InChI=1S/C20H26N2O2.CH2O2/c1-17-3-5-18(6-4-17)7-8-20(23)22-11-2-10-21(12-13-22)15-19-9-14-24-16-19;2-1-3/h3-6,9,14,16H,2,7-8,10-13,15H2,1H3;1H,(H,2,3). The molecule has 6 nitrogen and oxygen atoms in total. The van der Waals surface area contributed by atoms with Gasteiger partial charge < -0.3 is 14.4 Å². The van der Waals surface area contributed by atoms with Crippen LogP contribution >= 0.6 is 0 Å². The average Bonchev–Trinajstić information content (AvgIpc) is 3.06. The lowest BCUT2D eigenvalue weighted by Gasteiger charge is -2.21. The maximum atomic E-state index is 12.5. The molecule has 0 saturated carbocycles. The first-order valence-corrected chi connectivity index (χ1v) is 9.27. The minimum absolute atomic E-state index is 0.250. The molecular formula is C21H28N2O4. The molecule has 146 valence electrons. The van der Waals surface area contributed by atoms with Crippen molar-refractivity contribution in [1.29, 1.82) is 0 Å². The zero-order chi connectivity index (χ0) is 19.5. The van der Waals surface area contributed by atoms with Crippen LogP contribution in [0.1, 0.15) is 29.5 Å². The van der Waals surface area contributed by atoms with Gasteiger partial charge in [-0.2, -0.15) is 0 Å². The molecule has 1 N–H and O–H groups in total. The van der Waals surface area contributed by atoms with Gasteiger partial charge in [-0.25, -0.2) is 0 Å². The molecule has 1 aliphatic heterocycles. The van der Waals surface area contributed by atoms with Crippen molar-refractivity contribution in [2.45, 2.75) is 32.7 Å². The van der Waals surface area contributed by atoms with Crippen LogP contribution in [0.4, 0.5) is 0 Å². The Kier molecular flexibility index (Phi) is 8.58. The quantitative estimate of drug-likeness (QED) is 0.817. The maximum Gasteiger partial charge on any atom is 0.290 e. The highest BCUT2D eigenvalue weighted by atomic mass is 16.3. The first-order chi connectivity index (χ1) is 13.1. The largest absolute Gasteiger partial charge is 0.483 e. The molecule has 0 radical (unpaired) electrons. The third-order valence-electron chi connectivity index (χ3n) is 4.68. The van der Waals surface area contributed by atoms with Gasteiger partial charge in [0.05, 0.1) is 12.5 Å². The Bertz CT molecular complexity index is 683. The minimum Gasteiger partial charge on any atom is -0.483 e. The van der Waals surface area contributed by atoms with Crippen molar-refractivity contribution in [3.8, 4) is 0 Å². The highest BCUT2D eigenvalue weighted by Gasteiger charge is 2.19. The zero-order valence-corrected chi connectivity index (χ0v) is 15.8. The predicted molar refractivity (Wildman–Crippen MR) is 103 cm³/mol. The van der Waals surface area contributed by atoms with E-state index in [9.17, 15) is 4.79 Å². The molecule has 1 saturated heterocycles. The molecule has 0 aliphatic carbocycles. The van der Waals surface area contributed by atoms with Crippen molar-refractivity contribution in [2.24, 2.45) is 0 Å². The number of hydrogen-bond donors (Lipinski definition) is 1. The minimum atomic E-state index is -0.250. The first kappa shape index (κ1) is 20.7. The molecular weight excluding hydrogens is 344 g/mol. The lowest BCUT2D eigenvalue weighted by molar-refractivity contribution is -0.131. The highest BCUT2D eigenvalue weighted by Crippen LogP contribution is 2.12. The summed E-state index contributed by atoms with van der Waals surface area (Å²) in [6.07, 6.45) is 5.98. The van der Waals surface area contributed by atoms with E-state index in [-0.39, 0.29) is 12.4 Å². The molecule has 0 atom stereocenters. The summed E-state index contributed by atoms with van der Waals surface area (Å²) in [6.45, 7) is 6.40. The number of carbonyl (C=O) groups is 2. The summed E-state index contributed by atoms with van der Waals surface area (Å²) in [5.74, 6) is 0.278. The molecule has 1 fully saturated rings. The first-order valence-electron chi connectivity index (χ1n) is 9.27. The number of aryl methyl sites for hydroxylation is 2. The second kappa shape index (κ2) is 11.2. The second-order valence-corrected chi connectivity index (χ2v) is 6.73. The predicted octanol–water partition coefficient (Wildman–Crippen LogP) is 2.96. The molecule has 6 heteroatoms. The molecule has 0 spiro atoms. The third kappa shape index (κ3) is 7.27. The monoisotopic (exact) mass is 372 g/mol. The van der Waals surface area contributed by atoms with E-state index in [1.165, 1.54) is 16.7 Å². The van der Waals surface area contributed by atoms with Crippen LogP contribution in [0, 0.1) is 6.92 Å². The fourth-order valence-electron chi connectivity index (χ4n) is 3.18. The fourth-order valence-corrected chi connectivity index (χ4v) is 3.18. The normalized spacial score (nSPS) is 14.8.